The Balaban J connectivity index is 1.51. The molecule has 0 spiro atoms. The average Bonchev–Trinajstić information content (AvgIpc) is 3.24. The van der Waals surface area contributed by atoms with Gasteiger partial charge in [-0.1, -0.05) is 97.0 Å². The van der Waals surface area contributed by atoms with E-state index in [1.807, 2.05) is 24.3 Å². The molecule has 0 amide bonds. The molecule has 0 atom stereocenters. The molecule has 4 nitrogen and oxygen atoms in total. The number of nitrogens with one attached hydrogen (secondary N) is 1. The SMILES string of the molecule is CCc1ccc(-c2noc(CNC(c3ccccc3)c3ccccc3)n2)cc1. The lowest BCUT2D eigenvalue weighted by atomic mass is 9.99. The summed E-state index contributed by atoms with van der Waals surface area (Å²) >= 11 is 0. The molecule has 0 saturated heterocycles. The first-order valence-electron chi connectivity index (χ1n) is 9.58. The summed E-state index contributed by atoms with van der Waals surface area (Å²) in [6.45, 7) is 2.64. The average molecular weight is 369 g/mol. The second-order valence-corrected chi connectivity index (χ2v) is 6.70. The summed E-state index contributed by atoms with van der Waals surface area (Å²) in [4.78, 5) is 4.56. The van der Waals surface area contributed by atoms with Crippen molar-refractivity contribution in [3.8, 4) is 11.4 Å². The second-order valence-electron chi connectivity index (χ2n) is 6.70. The standard InChI is InChI=1S/C24H23N3O/c1-2-18-13-15-21(16-14-18)24-26-22(28-27-24)17-25-23(19-9-5-3-6-10-19)20-11-7-4-8-12-20/h3-16,23,25H,2,17H2,1H3. The molecule has 0 fully saturated rings. The van der Waals surface area contributed by atoms with E-state index >= 15 is 0 Å². The molecule has 0 aliphatic rings. The number of hydrogen-bond acceptors (Lipinski definition) is 4. The molecule has 0 aliphatic heterocycles. The minimum Gasteiger partial charge on any atom is -0.338 e. The highest BCUT2D eigenvalue weighted by Crippen LogP contribution is 2.23. The number of nitrogens with zero attached hydrogens (tertiary/aromatic N) is 2. The van der Waals surface area contributed by atoms with Crippen LogP contribution in [0.5, 0.6) is 0 Å². The zero-order valence-electron chi connectivity index (χ0n) is 15.9. The largest absolute Gasteiger partial charge is 0.338 e. The van der Waals surface area contributed by atoms with Gasteiger partial charge in [-0.2, -0.15) is 4.98 Å². The number of aryl methyl sites for hydroxylation is 1. The van der Waals surface area contributed by atoms with E-state index < -0.39 is 0 Å². The van der Waals surface area contributed by atoms with Crippen LogP contribution in [0.3, 0.4) is 0 Å². The van der Waals surface area contributed by atoms with Gasteiger partial charge in [-0.3, -0.25) is 5.32 Å². The molecule has 0 bridgehead atoms. The van der Waals surface area contributed by atoms with Crippen molar-refractivity contribution in [1.29, 1.82) is 0 Å². The molecule has 3 aromatic carbocycles. The van der Waals surface area contributed by atoms with Gasteiger partial charge in [-0.15, -0.1) is 0 Å². The summed E-state index contributed by atoms with van der Waals surface area (Å²) in [6.07, 6.45) is 1.02. The predicted octanol–water partition coefficient (Wildman–Crippen LogP) is 5.18. The van der Waals surface area contributed by atoms with Crippen molar-refractivity contribution in [2.45, 2.75) is 25.9 Å². The molecule has 4 rings (SSSR count). The normalized spacial score (nSPS) is 11.1. The third kappa shape index (κ3) is 4.18. The van der Waals surface area contributed by atoms with Gasteiger partial charge in [-0.25, -0.2) is 0 Å². The molecular formula is C24H23N3O. The minimum absolute atomic E-state index is 0.0570. The second kappa shape index (κ2) is 8.63. The molecular weight excluding hydrogens is 346 g/mol. The number of hydrogen-bond donors (Lipinski definition) is 1. The van der Waals surface area contributed by atoms with Gasteiger partial charge in [0.2, 0.25) is 11.7 Å². The Hall–Kier alpha value is -3.24. The van der Waals surface area contributed by atoms with E-state index in [1.54, 1.807) is 0 Å². The first-order valence-corrected chi connectivity index (χ1v) is 9.58. The number of rotatable bonds is 7. The van der Waals surface area contributed by atoms with Gasteiger partial charge >= 0.3 is 0 Å². The van der Waals surface area contributed by atoms with Crippen LogP contribution >= 0.6 is 0 Å². The van der Waals surface area contributed by atoms with E-state index in [-0.39, 0.29) is 6.04 Å². The fourth-order valence-corrected chi connectivity index (χ4v) is 3.24. The van der Waals surface area contributed by atoms with E-state index in [1.165, 1.54) is 16.7 Å². The first kappa shape index (κ1) is 18.1. The summed E-state index contributed by atoms with van der Waals surface area (Å²) in [7, 11) is 0. The maximum absolute atomic E-state index is 5.47. The Labute approximate surface area is 165 Å². The Morgan fingerprint density at radius 1 is 0.821 bits per heavy atom. The van der Waals surface area contributed by atoms with Gasteiger partial charge in [0.05, 0.1) is 12.6 Å². The highest BCUT2D eigenvalue weighted by Gasteiger charge is 2.15. The number of benzene rings is 3. The van der Waals surface area contributed by atoms with Gasteiger partial charge in [-0.05, 0) is 23.1 Å². The topological polar surface area (TPSA) is 51.0 Å². The van der Waals surface area contributed by atoms with Crippen LogP contribution in [0.2, 0.25) is 0 Å². The fourth-order valence-electron chi connectivity index (χ4n) is 3.24. The van der Waals surface area contributed by atoms with Gasteiger partial charge in [0, 0.05) is 5.56 Å². The minimum atomic E-state index is 0.0570. The lowest BCUT2D eigenvalue weighted by Crippen LogP contribution is -2.22. The molecule has 0 unspecified atom stereocenters. The number of aromatic nitrogens is 2. The van der Waals surface area contributed by atoms with Crippen LogP contribution in [0.4, 0.5) is 0 Å². The van der Waals surface area contributed by atoms with Crippen LogP contribution < -0.4 is 5.32 Å². The zero-order chi connectivity index (χ0) is 19.2. The first-order chi connectivity index (χ1) is 13.8. The molecule has 1 N–H and O–H groups in total. The quantitative estimate of drug-likeness (QED) is 0.488. The Kier molecular flexibility index (Phi) is 5.59. The molecule has 1 heterocycles. The molecule has 0 aliphatic carbocycles. The van der Waals surface area contributed by atoms with Crippen molar-refractivity contribution in [3.63, 3.8) is 0 Å². The molecule has 140 valence electrons. The highest BCUT2D eigenvalue weighted by atomic mass is 16.5. The van der Waals surface area contributed by atoms with Crippen molar-refractivity contribution in [3.05, 3.63) is 108 Å². The van der Waals surface area contributed by atoms with Crippen LogP contribution in [0.25, 0.3) is 11.4 Å². The Bertz CT molecular complexity index is 955. The summed E-state index contributed by atoms with van der Waals surface area (Å²) in [5, 5.41) is 7.69. The van der Waals surface area contributed by atoms with E-state index in [2.05, 4.69) is 83.0 Å². The van der Waals surface area contributed by atoms with Crippen LogP contribution in [-0.4, -0.2) is 10.1 Å². The van der Waals surface area contributed by atoms with Gasteiger partial charge < -0.3 is 4.52 Å². The fraction of sp³-hybridized carbons (Fsp3) is 0.167. The van der Waals surface area contributed by atoms with Crippen molar-refractivity contribution < 1.29 is 4.52 Å². The van der Waals surface area contributed by atoms with Crippen LogP contribution in [0.15, 0.2) is 89.5 Å². The van der Waals surface area contributed by atoms with Gasteiger partial charge in [0.15, 0.2) is 0 Å². The Morgan fingerprint density at radius 3 is 2.00 bits per heavy atom. The molecule has 4 aromatic rings. The van der Waals surface area contributed by atoms with Crippen molar-refractivity contribution in [2.75, 3.05) is 0 Å². The third-order valence-electron chi connectivity index (χ3n) is 4.81. The van der Waals surface area contributed by atoms with Crippen LogP contribution in [-0.2, 0) is 13.0 Å². The highest BCUT2D eigenvalue weighted by molar-refractivity contribution is 5.54. The van der Waals surface area contributed by atoms with Crippen molar-refractivity contribution in [1.82, 2.24) is 15.5 Å². The molecule has 0 radical (unpaired) electrons. The zero-order valence-corrected chi connectivity index (χ0v) is 15.9. The maximum Gasteiger partial charge on any atom is 0.240 e. The molecule has 1 aromatic heterocycles. The van der Waals surface area contributed by atoms with Crippen molar-refractivity contribution in [2.24, 2.45) is 0 Å². The summed E-state index contributed by atoms with van der Waals surface area (Å²) in [5.41, 5.74) is 4.66. The van der Waals surface area contributed by atoms with Gasteiger partial charge in [0.25, 0.3) is 0 Å². The van der Waals surface area contributed by atoms with E-state index in [9.17, 15) is 0 Å². The van der Waals surface area contributed by atoms with E-state index in [0.29, 0.717) is 18.3 Å². The van der Waals surface area contributed by atoms with Crippen LogP contribution in [0.1, 0.15) is 35.5 Å². The van der Waals surface area contributed by atoms with Crippen LogP contribution in [0, 0.1) is 0 Å². The van der Waals surface area contributed by atoms with Gasteiger partial charge in [0.1, 0.15) is 0 Å². The molecule has 0 saturated carbocycles. The lowest BCUT2D eigenvalue weighted by Gasteiger charge is -2.18. The van der Waals surface area contributed by atoms with Crippen molar-refractivity contribution >= 4 is 0 Å². The van der Waals surface area contributed by atoms with E-state index in [4.69, 9.17) is 4.52 Å². The molecule has 4 heteroatoms. The third-order valence-corrected chi connectivity index (χ3v) is 4.81. The molecule has 28 heavy (non-hydrogen) atoms. The Morgan fingerprint density at radius 2 is 1.43 bits per heavy atom. The predicted molar refractivity (Wildman–Crippen MR) is 111 cm³/mol. The summed E-state index contributed by atoms with van der Waals surface area (Å²) < 4.78 is 5.47. The summed E-state index contributed by atoms with van der Waals surface area (Å²) in [5.74, 6) is 1.20. The monoisotopic (exact) mass is 369 g/mol. The van der Waals surface area contributed by atoms with E-state index in [0.717, 1.165) is 12.0 Å². The maximum atomic E-state index is 5.47. The lowest BCUT2D eigenvalue weighted by molar-refractivity contribution is 0.363. The smallest absolute Gasteiger partial charge is 0.240 e. The summed E-state index contributed by atoms with van der Waals surface area (Å²) in [6, 6.07) is 29.1.